The first-order valence-corrected chi connectivity index (χ1v) is 11.3. The Bertz CT molecular complexity index is 1370. The number of fused-ring (bicyclic) bond motifs is 1. The monoisotopic (exact) mass is 456 g/mol. The maximum absolute atomic E-state index is 11.3. The predicted octanol–water partition coefficient (Wildman–Crippen LogP) is 3.44. The van der Waals surface area contributed by atoms with Gasteiger partial charge in [-0.3, -0.25) is 0 Å². The minimum atomic E-state index is -3.71. The van der Waals surface area contributed by atoms with Crippen LogP contribution in [-0.2, 0) is 16.6 Å². The van der Waals surface area contributed by atoms with Crippen LogP contribution in [0.15, 0.2) is 65.7 Å². The molecule has 0 unspecified atom stereocenters. The number of primary sulfonamides is 1. The van der Waals surface area contributed by atoms with Crippen molar-refractivity contribution in [3.8, 4) is 11.5 Å². The molecule has 4 N–H and O–H groups in total. The highest BCUT2D eigenvalue weighted by Gasteiger charge is 2.10. The molecule has 0 aliphatic rings. The van der Waals surface area contributed by atoms with Crippen molar-refractivity contribution in [2.75, 3.05) is 5.32 Å². The summed E-state index contributed by atoms with van der Waals surface area (Å²) in [4.78, 5) is 19.4. The molecule has 0 aliphatic heterocycles. The maximum Gasteiger partial charge on any atom is 0.354 e. The highest BCUT2D eigenvalue weighted by Crippen LogP contribution is 2.31. The topological polar surface area (TPSA) is 144 Å². The summed E-state index contributed by atoms with van der Waals surface area (Å²) < 4.78 is 29.3. The van der Waals surface area contributed by atoms with Gasteiger partial charge in [0, 0.05) is 24.9 Å². The van der Waals surface area contributed by atoms with Crippen molar-refractivity contribution in [2.24, 2.45) is 5.14 Å². The van der Waals surface area contributed by atoms with Gasteiger partial charge in [0.1, 0.15) is 11.5 Å². The molecule has 9 nitrogen and oxygen atoms in total. The number of nitrogens with one attached hydrogen (secondary N) is 1. The number of sulfonamides is 1. The van der Waals surface area contributed by atoms with Gasteiger partial charge in [-0.2, -0.15) is 0 Å². The molecule has 2 aromatic heterocycles. The Kier molecular flexibility index (Phi) is 5.55. The summed E-state index contributed by atoms with van der Waals surface area (Å²) in [6, 6.07) is 14.6. The maximum atomic E-state index is 11.3. The first-order valence-electron chi connectivity index (χ1n) is 8.91. The lowest BCUT2D eigenvalue weighted by Crippen LogP contribution is -2.12. The molecule has 4 rings (SSSR count). The van der Waals surface area contributed by atoms with E-state index in [9.17, 15) is 13.2 Å². The van der Waals surface area contributed by atoms with Crippen LogP contribution in [0, 0.1) is 0 Å². The van der Waals surface area contributed by atoms with Crippen LogP contribution in [0.5, 0.6) is 11.5 Å². The van der Waals surface area contributed by atoms with Gasteiger partial charge >= 0.3 is 5.97 Å². The van der Waals surface area contributed by atoms with Crippen LogP contribution in [0.3, 0.4) is 0 Å². The molecule has 0 bridgehead atoms. The Morgan fingerprint density at radius 1 is 1.10 bits per heavy atom. The van der Waals surface area contributed by atoms with E-state index in [4.69, 9.17) is 15.0 Å². The average molecular weight is 457 g/mol. The lowest BCUT2D eigenvalue weighted by atomic mass is 10.2. The van der Waals surface area contributed by atoms with Crippen molar-refractivity contribution >= 4 is 42.7 Å². The van der Waals surface area contributed by atoms with E-state index in [-0.39, 0.29) is 10.6 Å². The number of carboxylic acids is 1. The predicted molar refractivity (Wildman–Crippen MR) is 116 cm³/mol. The number of rotatable bonds is 7. The minimum absolute atomic E-state index is 0.0634. The van der Waals surface area contributed by atoms with Crippen LogP contribution < -0.4 is 15.2 Å². The minimum Gasteiger partial charge on any atom is -0.477 e. The third-order valence-electron chi connectivity index (χ3n) is 4.24. The van der Waals surface area contributed by atoms with Crippen molar-refractivity contribution in [2.45, 2.75) is 11.4 Å². The largest absolute Gasteiger partial charge is 0.477 e. The van der Waals surface area contributed by atoms with Gasteiger partial charge in [0.2, 0.25) is 10.0 Å². The van der Waals surface area contributed by atoms with Crippen molar-refractivity contribution in [3.05, 3.63) is 72.1 Å². The highest BCUT2D eigenvalue weighted by molar-refractivity contribution is 7.89. The number of benzene rings is 2. The Hall–Kier alpha value is -3.54. The summed E-state index contributed by atoms with van der Waals surface area (Å²) in [5.41, 5.74) is 1.56. The number of nitrogens with two attached hydrogens (primary N) is 1. The smallest absolute Gasteiger partial charge is 0.354 e. The fraction of sp³-hybridized carbons (Fsp3) is 0.0500. The molecule has 31 heavy (non-hydrogen) atoms. The number of ether oxygens (including phenoxy) is 1. The molecular weight excluding hydrogens is 440 g/mol. The summed E-state index contributed by atoms with van der Waals surface area (Å²) >= 11 is 1.43. The van der Waals surface area contributed by atoms with E-state index in [2.05, 4.69) is 15.3 Å². The average Bonchev–Trinajstić information content (AvgIpc) is 3.14. The second kappa shape index (κ2) is 8.30. The number of hydrogen-bond acceptors (Lipinski definition) is 8. The zero-order valence-corrected chi connectivity index (χ0v) is 17.5. The van der Waals surface area contributed by atoms with Gasteiger partial charge in [0.25, 0.3) is 0 Å². The van der Waals surface area contributed by atoms with E-state index in [1.807, 2.05) is 12.1 Å². The standard InChI is InChI=1S/C20H16N4O5S2/c21-31(27,28)15-4-1-12(2-5-15)11-23-20-24-16-6-3-13(10-18(16)30-20)29-14-7-8-22-17(9-14)19(25)26/h1-10H,11H2,(H,23,24)(H,25,26)(H2,21,27,28). The summed E-state index contributed by atoms with van der Waals surface area (Å²) in [5, 5.41) is 18.0. The number of aromatic carboxylic acids is 1. The number of carbonyl (C=O) groups is 1. The normalized spacial score (nSPS) is 11.4. The molecule has 2 aromatic carbocycles. The SMILES string of the molecule is NS(=O)(=O)c1ccc(CNc2nc3ccc(Oc4ccnc(C(=O)O)c4)cc3s2)cc1. The van der Waals surface area contributed by atoms with Gasteiger partial charge in [-0.05, 0) is 35.9 Å². The Morgan fingerprint density at radius 2 is 1.84 bits per heavy atom. The van der Waals surface area contributed by atoms with Gasteiger partial charge < -0.3 is 15.2 Å². The number of thiazole rings is 1. The van der Waals surface area contributed by atoms with Crippen molar-refractivity contribution < 1.29 is 23.1 Å². The molecule has 0 aliphatic carbocycles. The van der Waals surface area contributed by atoms with E-state index < -0.39 is 16.0 Å². The highest BCUT2D eigenvalue weighted by atomic mass is 32.2. The quantitative estimate of drug-likeness (QED) is 0.383. The second-order valence-corrected chi connectivity index (χ2v) is 9.07. The summed E-state index contributed by atoms with van der Waals surface area (Å²) in [6.07, 6.45) is 1.38. The van der Waals surface area contributed by atoms with Crippen LogP contribution in [0.1, 0.15) is 16.1 Å². The van der Waals surface area contributed by atoms with Gasteiger partial charge in [0.15, 0.2) is 10.8 Å². The lowest BCUT2D eigenvalue weighted by Gasteiger charge is -2.05. The van der Waals surface area contributed by atoms with Gasteiger partial charge in [0.05, 0.1) is 15.1 Å². The van der Waals surface area contributed by atoms with Crippen LogP contribution in [-0.4, -0.2) is 29.5 Å². The van der Waals surface area contributed by atoms with E-state index in [1.54, 1.807) is 24.3 Å². The molecule has 158 valence electrons. The molecule has 0 amide bonds. The van der Waals surface area contributed by atoms with Crippen molar-refractivity contribution in [3.63, 3.8) is 0 Å². The second-order valence-electron chi connectivity index (χ2n) is 6.48. The fourth-order valence-corrected chi connectivity index (χ4v) is 4.15. The first-order chi connectivity index (χ1) is 14.8. The first kappa shape index (κ1) is 20.7. The third kappa shape index (κ3) is 4.97. The number of hydrogen-bond donors (Lipinski definition) is 3. The van der Waals surface area contributed by atoms with Crippen molar-refractivity contribution in [1.82, 2.24) is 9.97 Å². The van der Waals surface area contributed by atoms with Crippen LogP contribution in [0.2, 0.25) is 0 Å². The molecule has 2 heterocycles. The molecule has 0 atom stereocenters. The molecule has 0 saturated carbocycles. The molecule has 0 radical (unpaired) electrons. The Balaban J connectivity index is 1.46. The van der Waals surface area contributed by atoms with Crippen LogP contribution in [0.4, 0.5) is 5.13 Å². The molecular formula is C20H16N4O5S2. The number of aromatic nitrogens is 2. The number of anilines is 1. The molecule has 11 heteroatoms. The number of carboxylic acid groups (broad SMARTS) is 1. The number of nitrogens with zero attached hydrogens (tertiary/aromatic N) is 2. The van der Waals surface area contributed by atoms with E-state index in [1.165, 1.54) is 35.7 Å². The summed E-state index contributed by atoms with van der Waals surface area (Å²) in [7, 11) is -3.71. The van der Waals surface area contributed by atoms with Crippen LogP contribution in [0.25, 0.3) is 10.2 Å². The Labute approximate surface area is 181 Å². The Morgan fingerprint density at radius 3 is 2.55 bits per heavy atom. The number of pyridine rings is 1. The zero-order valence-electron chi connectivity index (χ0n) is 15.8. The molecule has 0 saturated heterocycles. The van der Waals surface area contributed by atoms with Crippen LogP contribution >= 0.6 is 11.3 Å². The molecule has 0 fully saturated rings. The molecule has 4 aromatic rings. The third-order valence-corrected chi connectivity index (χ3v) is 6.15. The fourth-order valence-electron chi connectivity index (χ4n) is 2.75. The van der Waals surface area contributed by atoms with E-state index in [0.29, 0.717) is 23.2 Å². The van der Waals surface area contributed by atoms with Gasteiger partial charge in [-0.15, -0.1) is 0 Å². The zero-order chi connectivity index (χ0) is 22.0. The van der Waals surface area contributed by atoms with Gasteiger partial charge in [-0.1, -0.05) is 23.5 Å². The summed E-state index contributed by atoms with van der Waals surface area (Å²) in [6.45, 7) is 0.461. The molecule has 0 spiro atoms. The van der Waals surface area contributed by atoms with Crippen molar-refractivity contribution in [1.29, 1.82) is 0 Å². The van der Waals surface area contributed by atoms with Gasteiger partial charge in [-0.25, -0.2) is 28.3 Å². The summed E-state index contributed by atoms with van der Waals surface area (Å²) in [5.74, 6) is -0.209. The lowest BCUT2D eigenvalue weighted by molar-refractivity contribution is 0.0690. The van der Waals surface area contributed by atoms with E-state index >= 15 is 0 Å². The van der Waals surface area contributed by atoms with E-state index in [0.717, 1.165) is 15.8 Å².